The molecule has 1 saturated heterocycles. The molecule has 6 nitrogen and oxygen atoms in total. The van der Waals surface area contributed by atoms with Crippen LogP contribution in [0.15, 0.2) is 21.7 Å². The summed E-state index contributed by atoms with van der Waals surface area (Å²) in [4.78, 5) is 18.6. The second kappa shape index (κ2) is 6.31. The molecule has 2 aromatic heterocycles. The molecule has 1 N–H and O–H groups in total. The molecule has 1 atom stereocenters. The third-order valence-electron chi connectivity index (χ3n) is 3.64. The summed E-state index contributed by atoms with van der Waals surface area (Å²) >= 11 is 2.72. The van der Waals surface area contributed by atoms with Gasteiger partial charge in [0.2, 0.25) is 15.9 Å². The number of amides is 1. The average Bonchev–Trinajstić information content (AvgIpc) is 3.18. The Morgan fingerprint density at radius 1 is 1.43 bits per heavy atom. The van der Waals surface area contributed by atoms with E-state index in [1.54, 1.807) is 17.0 Å². The van der Waals surface area contributed by atoms with Crippen LogP contribution in [0.5, 0.6) is 0 Å². The van der Waals surface area contributed by atoms with Crippen LogP contribution < -0.4 is 4.72 Å². The first kappa shape index (κ1) is 16.6. The van der Waals surface area contributed by atoms with Gasteiger partial charge in [0.05, 0.1) is 15.6 Å². The van der Waals surface area contributed by atoms with Crippen molar-refractivity contribution in [3.05, 3.63) is 22.5 Å². The van der Waals surface area contributed by atoms with Crippen molar-refractivity contribution in [2.24, 2.45) is 0 Å². The largest absolute Gasteiger partial charge is 0.341 e. The summed E-state index contributed by atoms with van der Waals surface area (Å²) < 4.78 is 27.9. The zero-order chi connectivity index (χ0) is 16.6. The molecule has 1 aliphatic rings. The van der Waals surface area contributed by atoms with Gasteiger partial charge in [0, 0.05) is 30.9 Å². The van der Waals surface area contributed by atoms with Crippen LogP contribution >= 0.6 is 22.7 Å². The van der Waals surface area contributed by atoms with Gasteiger partial charge in [0.1, 0.15) is 4.21 Å². The fourth-order valence-electron chi connectivity index (χ4n) is 2.51. The molecule has 1 unspecified atom stereocenters. The van der Waals surface area contributed by atoms with Crippen LogP contribution in [0.2, 0.25) is 0 Å². The summed E-state index contributed by atoms with van der Waals surface area (Å²) in [6, 6.07) is 3.00. The number of nitrogens with one attached hydrogen (secondary N) is 1. The zero-order valence-electron chi connectivity index (χ0n) is 12.8. The van der Waals surface area contributed by atoms with Gasteiger partial charge in [-0.25, -0.2) is 18.1 Å². The van der Waals surface area contributed by atoms with Crippen LogP contribution in [0.1, 0.15) is 18.4 Å². The summed E-state index contributed by atoms with van der Waals surface area (Å²) in [6.45, 7) is 4.83. The van der Waals surface area contributed by atoms with Gasteiger partial charge in [-0.3, -0.25) is 4.79 Å². The van der Waals surface area contributed by atoms with Gasteiger partial charge >= 0.3 is 0 Å². The van der Waals surface area contributed by atoms with E-state index in [9.17, 15) is 13.2 Å². The van der Waals surface area contributed by atoms with E-state index in [2.05, 4.69) is 9.71 Å². The molecular formula is C14H17N3O3S3. The van der Waals surface area contributed by atoms with Crippen LogP contribution in [-0.2, 0) is 14.8 Å². The summed E-state index contributed by atoms with van der Waals surface area (Å²) in [6.07, 6.45) is 0.219. The molecule has 0 spiro atoms. The molecule has 23 heavy (non-hydrogen) atoms. The van der Waals surface area contributed by atoms with Gasteiger partial charge in [0.25, 0.3) is 0 Å². The SMILES string of the molecule is CCN1CC(NS(=O)(=O)c2ccc(-c3csc(C)n3)s2)CC1=O. The summed E-state index contributed by atoms with van der Waals surface area (Å²) in [5.41, 5.74) is 0.798. The molecule has 3 heterocycles. The van der Waals surface area contributed by atoms with E-state index < -0.39 is 10.0 Å². The fourth-order valence-corrected chi connectivity index (χ4v) is 5.71. The van der Waals surface area contributed by atoms with Crippen molar-refractivity contribution in [2.45, 2.75) is 30.5 Å². The van der Waals surface area contributed by atoms with E-state index in [4.69, 9.17) is 0 Å². The van der Waals surface area contributed by atoms with E-state index in [-0.39, 0.29) is 22.6 Å². The molecular weight excluding hydrogens is 354 g/mol. The smallest absolute Gasteiger partial charge is 0.250 e. The van der Waals surface area contributed by atoms with Crippen molar-refractivity contribution in [2.75, 3.05) is 13.1 Å². The Balaban J connectivity index is 1.76. The molecule has 0 bridgehead atoms. The van der Waals surface area contributed by atoms with E-state index in [0.717, 1.165) is 15.6 Å². The fraction of sp³-hybridized carbons (Fsp3) is 0.429. The molecule has 0 saturated carbocycles. The van der Waals surface area contributed by atoms with Gasteiger partial charge in [0.15, 0.2) is 0 Å². The number of hydrogen-bond donors (Lipinski definition) is 1. The lowest BCUT2D eigenvalue weighted by molar-refractivity contribution is -0.127. The average molecular weight is 372 g/mol. The third-order valence-corrected chi connectivity index (χ3v) is 7.53. The topological polar surface area (TPSA) is 79.4 Å². The second-order valence-corrected chi connectivity index (χ2v) is 9.41. The number of hydrogen-bond acceptors (Lipinski definition) is 6. The highest BCUT2D eigenvalue weighted by molar-refractivity contribution is 7.91. The Bertz CT molecular complexity index is 825. The molecule has 0 aliphatic carbocycles. The van der Waals surface area contributed by atoms with Crippen molar-refractivity contribution in [3.8, 4) is 10.6 Å². The van der Waals surface area contributed by atoms with Crippen LogP contribution in [0.25, 0.3) is 10.6 Å². The maximum Gasteiger partial charge on any atom is 0.250 e. The highest BCUT2D eigenvalue weighted by atomic mass is 32.2. The van der Waals surface area contributed by atoms with Gasteiger partial charge < -0.3 is 4.90 Å². The zero-order valence-corrected chi connectivity index (χ0v) is 15.2. The number of nitrogens with zero attached hydrogens (tertiary/aromatic N) is 2. The number of likely N-dealkylation sites (tertiary alicyclic amines) is 1. The van der Waals surface area contributed by atoms with Gasteiger partial charge in [-0.2, -0.15) is 0 Å². The van der Waals surface area contributed by atoms with Crippen LogP contribution in [0.3, 0.4) is 0 Å². The molecule has 1 amide bonds. The summed E-state index contributed by atoms with van der Waals surface area (Å²) in [5.74, 6) is -0.00924. The molecule has 1 fully saturated rings. The first-order valence-corrected chi connectivity index (χ1v) is 10.4. The van der Waals surface area contributed by atoms with Crippen molar-refractivity contribution in [3.63, 3.8) is 0 Å². The third kappa shape index (κ3) is 3.47. The Labute approximate surface area is 143 Å². The second-order valence-electron chi connectivity index (χ2n) is 5.33. The Kier molecular flexibility index (Phi) is 4.54. The summed E-state index contributed by atoms with van der Waals surface area (Å²) in [7, 11) is -3.61. The monoisotopic (exact) mass is 371 g/mol. The molecule has 3 rings (SSSR count). The predicted octanol–water partition coefficient (Wildman–Crippen LogP) is 2.08. The quantitative estimate of drug-likeness (QED) is 0.873. The lowest BCUT2D eigenvalue weighted by Gasteiger charge is -2.14. The van der Waals surface area contributed by atoms with E-state index in [1.807, 2.05) is 19.2 Å². The van der Waals surface area contributed by atoms with E-state index >= 15 is 0 Å². The normalized spacial score (nSPS) is 18.8. The van der Waals surface area contributed by atoms with Crippen molar-refractivity contribution < 1.29 is 13.2 Å². The van der Waals surface area contributed by atoms with Crippen LogP contribution in [0, 0.1) is 6.92 Å². The maximum absolute atomic E-state index is 12.5. The lowest BCUT2D eigenvalue weighted by atomic mass is 10.3. The number of aryl methyl sites for hydroxylation is 1. The Morgan fingerprint density at radius 2 is 2.22 bits per heavy atom. The highest BCUT2D eigenvalue weighted by Gasteiger charge is 2.32. The summed E-state index contributed by atoms with van der Waals surface area (Å²) in [5, 5.41) is 2.86. The number of carbonyl (C=O) groups excluding carboxylic acids is 1. The minimum atomic E-state index is -3.61. The number of likely N-dealkylation sites (N-methyl/N-ethyl adjacent to an activating group) is 1. The van der Waals surface area contributed by atoms with Crippen LogP contribution in [0.4, 0.5) is 0 Å². The molecule has 124 valence electrons. The van der Waals surface area contributed by atoms with Crippen molar-refractivity contribution in [1.82, 2.24) is 14.6 Å². The number of carbonyl (C=O) groups is 1. The van der Waals surface area contributed by atoms with E-state index in [0.29, 0.717) is 13.1 Å². The number of aromatic nitrogens is 1. The number of sulfonamides is 1. The molecule has 0 radical (unpaired) electrons. The number of thiazole rings is 1. The Morgan fingerprint density at radius 3 is 2.83 bits per heavy atom. The standard InChI is InChI=1S/C14H17N3O3S3/c1-3-17-7-10(6-13(17)18)16-23(19,20)14-5-4-12(22-14)11-8-21-9(2)15-11/h4-5,8,10,16H,3,6-7H2,1-2H3. The molecule has 9 heteroatoms. The number of thiophene rings is 1. The predicted molar refractivity (Wildman–Crippen MR) is 91.1 cm³/mol. The molecule has 0 aromatic carbocycles. The van der Waals surface area contributed by atoms with Crippen molar-refractivity contribution in [1.29, 1.82) is 0 Å². The van der Waals surface area contributed by atoms with Gasteiger partial charge in [-0.15, -0.1) is 22.7 Å². The Hall–Kier alpha value is -1.29. The van der Waals surface area contributed by atoms with Crippen molar-refractivity contribution >= 4 is 38.6 Å². The van der Waals surface area contributed by atoms with E-state index in [1.165, 1.54) is 22.7 Å². The first-order chi connectivity index (χ1) is 10.9. The maximum atomic E-state index is 12.5. The van der Waals surface area contributed by atoms with Crippen LogP contribution in [-0.4, -0.2) is 43.3 Å². The lowest BCUT2D eigenvalue weighted by Crippen LogP contribution is -2.36. The minimum Gasteiger partial charge on any atom is -0.341 e. The molecule has 1 aliphatic heterocycles. The highest BCUT2D eigenvalue weighted by Crippen LogP contribution is 2.31. The number of rotatable bonds is 5. The minimum absolute atomic E-state index is 0.00924. The van der Waals surface area contributed by atoms with Gasteiger partial charge in [-0.1, -0.05) is 0 Å². The van der Waals surface area contributed by atoms with Gasteiger partial charge in [-0.05, 0) is 26.0 Å². The first-order valence-electron chi connectivity index (χ1n) is 7.21. The molecule has 2 aromatic rings.